The fraction of sp³-hybridized carbons (Fsp3) is 0.222. The Morgan fingerprint density at radius 3 is 2.73 bits per heavy atom. The van der Waals surface area contributed by atoms with Gasteiger partial charge in [-0.3, -0.25) is 4.72 Å². The van der Waals surface area contributed by atoms with E-state index >= 15 is 0 Å². The molecule has 0 aromatic heterocycles. The summed E-state index contributed by atoms with van der Waals surface area (Å²) in [5.74, 6) is -0.540. The first-order valence-corrected chi connectivity index (χ1v) is 6.53. The van der Waals surface area contributed by atoms with Gasteiger partial charge in [0.05, 0.1) is 6.07 Å². The van der Waals surface area contributed by atoms with Crippen LogP contribution in [0.25, 0.3) is 0 Å². The van der Waals surface area contributed by atoms with Gasteiger partial charge in [0.25, 0.3) is 0 Å². The molecule has 0 amide bonds. The number of sulfonamides is 1. The molecule has 0 unspecified atom stereocenters. The minimum absolute atomic E-state index is 0.464. The molecule has 0 aliphatic rings. The first-order chi connectivity index (χ1) is 6.94. The zero-order valence-electron chi connectivity index (χ0n) is 7.99. The lowest BCUT2D eigenvalue weighted by molar-refractivity contribution is 0.604. The minimum Gasteiger partial charge on any atom is -0.283 e. The molecule has 1 aromatic carbocycles. The highest BCUT2D eigenvalue weighted by Crippen LogP contribution is 2.20. The summed E-state index contributed by atoms with van der Waals surface area (Å²) in [7, 11) is -3.54. The highest BCUT2D eigenvalue weighted by atomic mass is 79.9. The molecule has 4 nitrogen and oxygen atoms in total. The molecule has 0 saturated carbocycles. The van der Waals surface area contributed by atoms with Crippen molar-refractivity contribution < 1.29 is 8.42 Å². The van der Waals surface area contributed by atoms with E-state index in [1.807, 2.05) is 6.92 Å². The van der Waals surface area contributed by atoms with Crippen LogP contribution in [0.4, 0.5) is 5.69 Å². The van der Waals surface area contributed by atoms with E-state index in [9.17, 15) is 8.42 Å². The van der Waals surface area contributed by atoms with Crippen LogP contribution in [0.1, 0.15) is 5.56 Å². The van der Waals surface area contributed by atoms with Crippen molar-refractivity contribution in [2.75, 3.05) is 10.5 Å². The second kappa shape index (κ2) is 4.64. The lowest BCUT2D eigenvalue weighted by Gasteiger charge is -2.06. The van der Waals surface area contributed by atoms with Crippen molar-refractivity contribution in [3.63, 3.8) is 0 Å². The molecule has 0 radical (unpaired) electrons. The van der Waals surface area contributed by atoms with E-state index in [-0.39, 0.29) is 0 Å². The number of rotatable bonds is 3. The lowest BCUT2D eigenvalue weighted by Crippen LogP contribution is -2.15. The molecule has 0 spiro atoms. The molecule has 0 heterocycles. The predicted octanol–water partition coefficient (Wildman–Crippen LogP) is 2.02. The normalized spacial score (nSPS) is 10.7. The van der Waals surface area contributed by atoms with Crippen LogP contribution in [0.3, 0.4) is 0 Å². The number of aryl methyl sites for hydroxylation is 1. The molecule has 0 saturated heterocycles. The van der Waals surface area contributed by atoms with Crippen molar-refractivity contribution >= 4 is 31.6 Å². The van der Waals surface area contributed by atoms with Crippen molar-refractivity contribution in [3.8, 4) is 6.07 Å². The molecule has 0 fully saturated rings. The van der Waals surface area contributed by atoms with Crippen LogP contribution in [0.15, 0.2) is 22.7 Å². The van der Waals surface area contributed by atoms with Crippen LogP contribution in [0, 0.1) is 18.3 Å². The Morgan fingerprint density at radius 2 is 2.20 bits per heavy atom. The second-order valence-electron chi connectivity index (χ2n) is 2.98. The Balaban J connectivity index is 2.92. The van der Waals surface area contributed by atoms with Gasteiger partial charge in [-0.25, -0.2) is 8.42 Å². The van der Waals surface area contributed by atoms with Crippen LogP contribution >= 0.6 is 15.9 Å². The van der Waals surface area contributed by atoms with Crippen molar-refractivity contribution in [2.24, 2.45) is 0 Å². The summed E-state index contributed by atoms with van der Waals surface area (Å²) in [4.78, 5) is 0. The van der Waals surface area contributed by atoms with Crippen molar-refractivity contribution in [2.45, 2.75) is 6.92 Å². The molecule has 0 bridgehead atoms. The summed E-state index contributed by atoms with van der Waals surface area (Å²) in [5, 5.41) is 8.30. The van der Waals surface area contributed by atoms with Crippen LogP contribution in [0.5, 0.6) is 0 Å². The van der Waals surface area contributed by atoms with Crippen LogP contribution in [0.2, 0.25) is 0 Å². The van der Waals surface area contributed by atoms with E-state index in [2.05, 4.69) is 20.7 Å². The van der Waals surface area contributed by atoms with Crippen LogP contribution in [-0.2, 0) is 10.0 Å². The van der Waals surface area contributed by atoms with Gasteiger partial charge in [-0.2, -0.15) is 5.26 Å². The van der Waals surface area contributed by atoms with Gasteiger partial charge in [0.15, 0.2) is 5.75 Å². The Hall–Kier alpha value is -1.06. The third-order valence-electron chi connectivity index (χ3n) is 1.69. The Bertz CT molecular complexity index is 505. The average molecular weight is 289 g/mol. The van der Waals surface area contributed by atoms with Crippen molar-refractivity contribution in [1.29, 1.82) is 5.26 Å². The topological polar surface area (TPSA) is 70.0 Å². The number of hydrogen-bond acceptors (Lipinski definition) is 3. The summed E-state index contributed by atoms with van der Waals surface area (Å²) in [5.41, 5.74) is 1.39. The third-order valence-corrected chi connectivity index (χ3v) is 3.63. The van der Waals surface area contributed by atoms with Gasteiger partial charge >= 0.3 is 0 Å². The number of hydrogen-bond donors (Lipinski definition) is 1. The zero-order valence-corrected chi connectivity index (χ0v) is 10.4. The van der Waals surface area contributed by atoms with E-state index in [1.165, 1.54) is 0 Å². The number of nitriles is 1. The summed E-state index contributed by atoms with van der Waals surface area (Å²) in [6.07, 6.45) is 0. The van der Waals surface area contributed by atoms with E-state index in [0.717, 1.165) is 10.0 Å². The Labute approximate surface area is 97.1 Å². The Morgan fingerprint density at radius 1 is 1.53 bits per heavy atom. The number of nitrogens with one attached hydrogen (secondary N) is 1. The van der Waals surface area contributed by atoms with E-state index in [4.69, 9.17) is 5.26 Å². The second-order valence-corrected chi connectivity index (χ2v) is 5.56. The van der Waals surface area contributed by atoms with Crippen LogP contribution < -0.4 is 4.72 Å². The van der Waals surface area contributed by atoms with Crippen molar-refractivity contribution in [1.82, 2.24) is 0 Å². The maximum absolute atomic E-state index is 11.3. The fourth-order valence-corrected chi connectivity index (χ4v) is 1.98. The predicted molar refractivity (Wildman–Crippen MR) is 61.9 cm³/mol. The molecule has 6 heteroatoms. The number of halogens is 1. The Kier molecular flexibility index (Phi) is 3.72. The number of nitrogens with zero attached hydrogens (tertiary/aromatic N) is 1. The zero-order chi connectivity index (χ0) is 11.5. The van der Waals surface area contributed by atoms with Crippen LogP contribution in [-0.4, -0.2) is 14.2 Å². The highest BCUT2D eigenvalue weighted by Gasteiger charge is 2.09. The third kappa shape index (κ3) is 3.53. The lowest BCUT2D eigenvalue weighted by atomic mass is 10.2. The summed E-state index contributed by atoms with van der Waals surface area (Å²) >= 11 is 3.31. The SMILES string of the molecule is Cc1cc(NS(=O)(=O)CC#N)ccc1Br. The first-order valence-electron chi connectivity index (χ1n) is 4.08. The van der Waals surface area contributed by atoms with Gasteiger partial charge in [-0.15, -0.1) is 0 Å². The quantitative estimate of drug-likeness (QED) is 0.925. The molecule has 0 aliphatic heterocycles. The van der Waals surface area contributed by atoms with E-state index in [0.29, 0.717) is 5.69 Å². The van der Waals surface area contributed by atoms with Gasteiger partial charge in [0.1, 0.15) is 0 Å². The molecule has 80 valence electrons. The monoisotopic (exact) mass is 288 g/mol. The number of benzene rings is 1. The first kappa shape index (κ1) is 12.0. The fourth-order valence-electron chi connectivity index (χ4n) is 1.01. The maximum atomic E-state index is 11.3. The molecule has 15 heavy (non-hydrogen) atoms. The summed E-state index contributed by atoms with van der Waals surface area (Å²) in [6, 6.07) is 6.67. The standard InChI is InChI=1S/C9H9BrN2O2S/c1-7-6-8(2-3-9(7)10)12-15(13,14)5-4-11/h2-3,6,12H,5H2,1H3. The maximum Gasteiger partial charge on any atom is 0.246 e. The van der Waals surface area contributed by atoms with Gasteiger partial charge < -0.3 is 0 Å². The van der Waals surface area contributed by atoms with E-state index in [1.54, 1.807) is 24.3 Å². The van der Waals surface area contributed by atoms with Gasteiger partial charge in [0.2, 0.25) is 10.0 Å². The van der Waals surface area contributed by atoms with Gasteiger partial charge in [0, 0.05) is 10.2 Å². The molecule has 1 rings (SSSR count). The average Bonchev–Trinajstić information content (AvgIpc) is 2.10. The molecule has 1 N–H and O–H groups in total. The number of anilines is 1. The molecule has 0 aliphatic carbocycles. The molecule has 1 aromatic rings. The highest BCUT2D eigenvalue weighted by molar-refractivity contribution is 9.10. The summed E-state index contributed by atoms with van der Waals surface area (Å²) in [6.45, 7) is 1.85. The smallest absolute Gasteiger partial charge is 0.246 e. The molecular formula is C9H9BrN2O2S. The molecule has 0 atom stereocenters. The van der Waals surface area contributed by atoms with E-state index < -0.39 is 15.8 Å². The molecular weight excluding hydrogens is 280 g/mol. The van der Waals surface area contributed by atoms with Gasteiger partial charge in [-0.1, -0.05) is 15.9 Å². The minimum atomic E-state index is -3.54. The van der Waals surface area contributed by atoms with Crippen molar-refractivity contribution in [3.05, 3.63) is 28.2 Å². The summed E-state index contributed by atoms with van der Waals surface area (Å²) < 4.78 is 25.7. The largest absolute Gasteiger partial charge is 0.283 e. The van der Waals surface area contributed by atoms with Gasteiger partial charge in [-0.05, 0) is 30.7 Å².